The van der Waals surface area contributed by atoms with Gasteiger partial charge in [-0.1, -0.05) is 18.2 Å². The third-order valence-electron chi connectivity index (χ3n) is 5.96. The van der Waals surface area contributed by atoms with Gasteiger partial charge in [-0.3, -0.25) is 4.79 Å². The Labute approximate surface area is 202 Å². The molecule has 12 heteroatoms. The molecule has 2 N–H and O–H groups in total. The fourth-order valence-corrected chi connectivity index (χ4v) is 4.03. The lowest BCUT2D eigenvalue weighted by molar-refractivity contribution is -0.286. The van der Waals surface area contributed by atoms with E-state index in [0.29, 0.717) is 18.4 Å². The van der Waals surface area contributed by atoms with Gasteiger partial charge in [0.15, 0.2) is 11.5 Å². The molecule has 1 fully saturated rings. The van der Waals surface area contributed by atoms with E-state index in [1.807, 2.05) is 0 Å². The molecule has 1 saturated carbocycles. The Morgan fingerprint density at radius 1 is 1.00 bits per heavy atom. The fraction of sp³-hybridized carbons (Fsp3) is 0.208. The van der Waals surface area contributed by atoms with Crippen molar-refractivity contribution in [2.45, 2.75) is 30.7 Å². The average molecular weight is 510 g/mol. The summed E-state index contributed by atoms with van der Waals surface area (Å²) in [5, 5.41) is 11.7. The Balaban J connectivity index is 0.00000200. The Bertz CT molecular complexity index is 1410. The highest BCUT2D eigenvalue weighted by Crippen LogP contribution is 2.52. The van der Waals surface area contributed by atoms with E-state index in [4.69, 9.17) is 0 Å². The predicted octanol–water partition coefficient (Wildman–Crippen LogP) is 5.95. The number of aromatic nitrogens is 1. The number of ether oxygens (including phenoxy) is 2. The number of anilines is 1. The van der Waals surface area contributed by atoms with Gasteiger partial charge in [-0.05, 0) is 54.8 Å². The molecule has 0 unspecified atom stereocenters. The number of halogens is 5. The maximum Gasteiger partial charge on any atom is 0.586 e. The van der Waals surface area contributed by atoms with Crippen molar-refractivity contribution in [1.29, 1.82) is 0 Å². The third-order valence-corrected chi connectivity index (χ3v) is 5.96. The summed E-state index contributed by atoms with van der Waals surface area (Å²) in [6.45, 7) is 0. The highest BCUT2D eigenvalue weighted by atomic mass is 19.4. The van der Waals surface area contributed by atoms with Crippen LogP contribution in [0.25, 0.3) is 11.3 Å². The molecule has 0 radical (unpaired) electrons. The smallest absolute Gasteiger partial charge is 0.478 e. The minimum absolute atomic E-state index is 0. The summed E-state index contributed by atoms with van der Waals surface area (Å²) < 4.78 is 76.5. The largest absolute Gasteiger partial charge is 0.586 e. The lowest BCUT2D eigenvalue weighted by atomic mass is 9.94. The molecule has 0 atom stereocenters. The summed E-state index contributed by atoms with van der Waals surface area (Å²) in [5.74, 6) is -2.53. The number of benzene rings is 2. The summed E-state index contributed by atoms with van der Waals surface area (Å²) in [5.41, 5.74) is -2.73. The number of nitrogens with zero attached hydrogens (tertiary/aromatic N) is 1. The number of amides is 1. The molecule has 190 valence electrons. The molecule has 1 aliphatic heterocycles. The van der Waals surface area contributed by atoms with Gasteiger partial charge in [-0.2, -0.15) is 13.2 Å². The Hall–Kier alpha value is -4.22. The van der Waals surface area contributed by atoms with Crippen LogP contribution in [0, 0.1) is 0 Å². The summed E-state index contributed by atoms with van der Waals surface area (Å²) in [7, 11) is 0. The number of carbonyl (C=O) groups excluding carboxylic acids is 1. The number of carboxylic acid groups (broad SMARTS) is 1. The second-order valence-corrected chi connectivity index (χ2v) is 8.34. The van der Waals surface area contributed by atoms with Crippen LogP contribution in [0.1, 0.15) is 37.2 Å². The predicted molar refractivity (Wildman–Crippen MR) is 118 cm³/mol. The molecule has 7 nitrogen and oxygen atoms in total. The molecule has 1 amide bonds. The van der Waals surface area contributed by atoms with Crippen LogP contribution >= 0.6 is 0 Å². The zero-order valence-electron chi connectivity index (χ0n) is 18.0. The maximum atomic E-state index is 13.7. The SMILES string of the molecule is O=C(O)c1cccc(-c2nc(NC(=O)C3(c4ccc5c(c4)OC(F)(F)O5)CC3)ccc2C(F)(F)F)c1.[HH].[HH]. The molecular formula is C24H19F5N2O5. The van der Waals surface area contributed by atoms with E-state index in [2.05, 4.69) is 19.8 Å². The van der Waals surface area contributed by atoms with Crippen molar-refractivity contribution in [3.05, 3.63) is 71.3 Å². The molecule has 3 aromatic rings. The quantitative estimate of drug-likeness (QED) is 0.412. The summed E-state index contributed by atoms with van der Waals surface area (Å²) >= 11 is 0. The van der Waals surface area contributed by atoms with Gasteiger partial charge in [-0.15, -0.1) is 8.78 Å². The number of fused-ring (bicyclic) bond motifs is 1. The van der Waals surface area contributed by atoms with Crippen molar-refractivity contribution in [3.8, 4) is 22.8 Å². The summed E-state index contributed by atoms with van der Waals surface area (Å²) in [6, 6.07) is 10.5. The molecule has 36 heavy (non-hydrogen) atoms. The van der Waals surface area contributed by atoms with Crippen molar-refractivity contribution in [1.82, 2.24) is 4.98 Å². The van der Waals surface area contributed by atoms with E-state index < -0.39 is 41.0 Å². The topological polar surface area (TPSA) is 97.8 Å². The van der Waals surface area contributed by atoms with Crippen LogP contribution < -0.4 is 14.8 Å². The van der Waals surface area contributed by atoms with Crippen LogP contribution in [-0.4, -0.2) is 28.3 Å². The molecule has 2 heterocycles. The molecule has 1 aliphatic carbocycles. The first kappa shape index (κ1) is 23.5. The fourth-order valence-electron chi connectivity index (χ4n) is 4.03. The lowest BCUT2D eigenvalue weighted by Crippen LogP contribution is -2.28. The number of aromatic carboxylic acids is 1. The molecule has 2 aliphatic rings. The molecule has 1 aromatic heterocycles. The number of carboxylic acids is 1. The van der Waals surface area contributed by atoms with E-state index in [9.17, 15) is 36.6 Å². The van der Waals surface area contributed by atoms with Gasteiger partial charge in [-0.25, -0.2) is 9.78 Å². The van der Waals surface area contributed by atoms with Crippen molar-refractivity contribution in [3.63, 3.8) is 0 Å². The maximum absolute atomic E-state index is 13.7. The molecule has 0 bridgehead atoms. The van der Waals surface area contributed by atoms with E-state index >= 15 is 0 Å². The second-order valence-electron chi connectivity index (χ2n) is 8.34. The summed E-state index contributed by atoms with van der Waals surface area (Å²) in [4.78, 5) is 28.4. The highest BCUT2D eigenvalue weighted by Gasteiger charge is 2.53. The van der Waals surface area contributed by atoms with Crippen LogP contribution in [0.5, 0.6) is 11.5 Å². The van der Waals surface area contributed by atoms with Crippen LogP contribution in [0.2, 0.25) is 0 Å². The van der Waals surface area contributed by atoms with Crippen LogP contribution in [0.15, 0.2) is 54.6 Å². The molecule has 5 rings (SSSR count). The van der Waals surface area contributed by atoms with Crippen molar-refractivity contribution in [2.75, 3.05) is 5.32 Å². The van der Waals surface area contributed by atoms with Crippen molar-refractivity contribution < 1.29 is 49.0 Å². The van der Waals surface area contributed by atoms with E-state index in [0.717, 1.165) is 18.2 Å². The van der Waals surface area contributed by atoms with Gasteiger partial charge in [0.05, 0.1) is 22.2 Å². The first-order valence-corrected chi connectivity index (χ1v) is 10.5. The molecule has 2 aromatic carbocycles. The number of hydrogen-bond donors (Lipinski definition) is 2. The van der Waals surface area contributed by atoms with E-state index in [-0.39, 0.29) is 31.3 Å². The average Bonchev–Trinajstić information content (AvgIpc) is 3.55. The van der Waals surface area contributed by atoms with Gasteiger partial charge in [0.1, 0.15) is 5.82 Å². The molecular weight excluding hydrogens is 491 g/mol. The lowest BCUT2D eigenvalue weighted by Gasteiger charge is -2.18. The Morgan fingerprint density at radius 3 is 2.39 bits per heavy atom. The van der Waals surface area contributed by atoms with E-state index in [1.54, 1.807) is 0 Å². The minimum atomic E-state index is -4.80. The van der Waals surface area contributed by atoms with Gasteiger partial charge >= 0.3 is 18.4 Å². The van der Waals surface area contributed by atoms with Crippen LogP contribution in [-0.2, 0) is 16.4 Å². The number of nitrogens with one attached hydrogen (secondary N) is 1. The van der Waals surface area contributed by atoms with Crippen LogP contribution in [0.3, 0.4) is 0 Å². The minimum Gasteiger partial charge on any atom is -0.478 e. The number of alkyl halides is 5. The molecule has 0 saturated heterocycles. The van der Waals surface area contributed by atoms with Crippen LogP contribution in [0.4, 0.5) is 27.8 Å². The van der Waals surface area contributed by atoms with Gasteiger partial charge in [0.2, 0.25) is 5.91 Å². The third kappa shape index (κ3) is 4.18. The van der Waals surface area contributed by atoms with Gasteiger partial charge in [0, 0.05) is 8.42 Å². The Kier molecular flexibility index (Phi) is 5.16. The van der Waals surface area contributed by atoms with Crippen molar-refractivity contribution in [2.24, 2.45) is 0 Å². The van der Waals surface area contributed by atoms with Crippen molar-refractivity contribution >= 4 is 17.7 Å². The summed E-state index contributed by atoms with van der Waals surface area (Å²) in [6.07, 6.45) is -7.89. The standard InChI is InChI=1S/C24H15F5N2O5.2H2/c25-23(26,27)15-5-7-18(30-19(15)12-2-1-3-13(10-12)20(32)33)31-21(34)22(8-9-22)14-4-6-16-17(11-14)36-24(28,29)35-16;;/h1-7,10-11H,8-9H2,(H,32,33)(H,30,31,34);2*1H. The monoisotopic (exact) mass is 510 g/mol. The zero-order valence-corrected chi connectivity index (χ0v) is 18.0. The Morgan fingerprint density at radius 2 is 1.72 bits per heavy atom. The highest BCUT2D eigenvalue weighted by molar-refractivity contribution is 6.01. The zero-order chi connectivity index (χ0) is 25.9. The first-order chi connectivity index (χ1) is 16.9. The van der Waals surface area contributed by atoms with Gasteiger partial charge in [0.25, 0.3) is 0 Å². The van der Waals surface area contributed by atoms with Gasteiger partial charge < -0.3 is 19.9 Å². The number of carbonyl (C=O) groups is 2. The molecule has 0 spiro atoms. The number of rotatable bonds is 5. The normalized spacial score (nSPS) is 16.9. The van der Waals surface area contributed by atoms with E-state index in [1.165, 1.54) is 36.4 Å². The number of hydrogen-bond acceptors (Lipinski definition) is 5. The first-order valence-electron chi connectivity index (χ1n) is 10.5. The second kappa shape index (κ2) is 7.90. The number of pyridine rings is 1.